The van der Waals surface area contributed by atoms with Gasteiger partial charge in [0.05, 0.1) is 0 Å². The number of aromatic nitrogens is 2. The van der Waals surface area contributed by atoms with E-state index in [2.05, 4.69) is 15.3 Å². The van der Waals surface area contributed by atoms with E-state index in [-0.39, 0.29) is 12.5 Å². The van der Waals surface area contributed by atoms with Crippen molar-refractivity contribution in [3.8, 4) is 5.88 Å². The molecule has 0 fully saturated rings. The van der Waals surface area contributed by atoms with Crippen LogP contribution in [0.5, 0.6) is 5.88 Å². The van der Waals surface area contributed by atoms with Gasteiger partial charge in [0, 0.05) is 11.8 Å². The Hall–Kier alpha value is -2.18. The van der Waals surface area contributed by atoms with Crippen molar-refractivity contribution < 1.29 is 19.4 Å². The number of aryl methyl sites for hydroxylation is 1. The summed E-state index contributed by atoms with van der Waals surface area (Å²) in [7, 11) is 0. The van der Waals surface area contributed by atoms with Crippen LogP contribution in [0, 0.1) is 6.92 Å². The molecule has 7 heteroatoms. The van der Waals surface area contributed by atoms with Crippen molar-refractivity contribution in [2.24, 2.45) is 0 Å². The Labute approximate surface area is 91.5 Å². The number of rotatable bonds is 5. The molecule has 0 unspecified atom stereocenters. The molecule has 0 aromatic carbocycles. The first-order chi connectivity index (χ1) is 7.58. The molecule has 0 radical (unpaired) electrons. The lowest BCUT2D eigenvalue weighted by Gasteiger charge is -2.05. The Bertz CT molecular complexity index is 394. The van der Waals surface area contributed by atoms with Crippen molar-refractivity contribution in [2.75, 3.05) is 13.2 Å². The second-order valence-corrected chi connectivity index (χ2v) is 2.96. The lowest BCUT2D eigenvalue weighted by molar-refractivity contribution is -0.138. The highest BCUT2D eigenvalue weighted by atomic mass is 16.5. The Balaban J connectivity index is 2.34. The summed E-state index contributed by atoms with van der Waals surface area (Å²) in [5.41, 5.74) is 0.718. The number of hydrogen-bond donors (Lipinski definition) is 2. The second-order valence-electron chi connectivity index (χ2n) is 2.96. The molecule has 7 nitrogen and oxygen atoms in total. The number of carbonyl (C=O) groups excluding carboxylic acids is 1. The summed E-state index contributed by atoms with van der Waals surface area (Å²) in [6, 6.07) is 1.57. The molecule has 1 heterocycles. The molecule has 0 spiro atoms. The summed E-state index contributed by atoms with van der Waals surface area (Å²) in [5, 5.41) is 10.5. The molecular weight excluding hydrogens is 214 g/mol. The van der Waals surface area contributed by atoms with Crippen LogP contribution in [0.15, 0.2) is 12.4 Å². The standard InChI is InChI=1S/C9H11N3O4/c1-6-2-8(12-5-11-6)16-4-7(13)10-3-9(14)15/h2,5H,3-4H2,1H3,(H,10,13)(H,14,15). The molecule has 1 aromatic heterocycles. The van der Waals surface area contributed by atoms with Gasteiger partial charge in [-0.3, -0.25) is 9.59 Å². The topological polar surface area (TPSA) is 101 Å². The van der Waals surface area contributed by atoms with E-state index in [1.165, 1.54) is 6.33 Å². The molecule has 1 aromatic rings. The maximum atomic E-state index is 11.1. The van der Waals surface area contributed by atoms with Gasteiger partial charge in [-0.1, -0.05) is 0 Å². The average Bonchev–Trinajstić information content (AvgIpc) is 2.23. The molecule has 2 N–H and O–H groups in total. The van der Waals surface area contributed by atoms with E-state index in [0.717, 1.165) is 5.69 Å². The predicted octanol–water partition coefficient (Wildman–Crippen LogP) is -0.635. The summed E-state index contributed by atoms with van der Waals surface area (Å²) >= 11 is 0. The third kappa shape index (κ3) is 4.36. The highest BCUT2D eigenvalue weighted by Crippen LogP contribution is 2.04. The molecule has 0 saturated carbocycles. The minimum atomic E-state index is -1.11. The number of ether oxygens (including phenoxy) is 1. The number of nitrogens with one attached hydrogen (secondary N) is 1. The lowest BCUT2D eigenvalue weighted by atomic mass is 10.4. The summed E-state index contributed by atoms with van der Waals surface area (Å²) in [6.45, 7) is 1.06. The zero-order valence-electron chi connectivity index (χ0n) is 8.64. The molecule has 0 aliphatic rings. The predicted molar refractivity (Wildman–Crippen MR) is 52.9 cm³/mol. The smallest absolute Gasteiger partial charge is 0.322 e. The third-order valence-electron chi connectivity index (χ3n) is 1.57. The van der Waals surface area contributed by atoms with Gasteiger partial charge in [0.15, 0.2) is 6.61 Å². The van der Waals surface area contributed by atoms with E-state index in [1.54, 1.807) is 13.0 Å². The van der Waals surface area contributed by atoms with Crippen molar-refractivity contribution in [3.63, 3.8) is 0 Å². The molecule has 0 bridgehead atoms. The van der Waals surface area contributed by atoms with Crippen LogP contribution >= 0.6 is 0 Å². The molecule has 0 atom stereocenters. The van der Waals surface area contributed by atoms with Crippen LogP contribution in [-0.4, -0.2) is 40.1 Å². The third-order valence-corrected chi connectivity index (χ3v) is 1.57. The number of aliphatic carboxylic acids is 1. The maximum Gasteiger partial charge on any atom is 0.322 e. The largest absolute Gasteiger partial charge is 0.480 e. The molecule has 86 valence electrons. The van der Waals surface area contributed by atoms with Gasteiger partial charge in [-0.25, -0.2) is 9.97 Å². The van der Waals surface area contributed by atoms with Crippen LogP contribution in [0.2, 0.25) is 0 Å². The van der Waals surface area contributed by atoms with Gasteiger partial charge in [-0.2, -0.15) is 0 Å². The van der Waals surface area contributed by atoms with Crippen LogP contribution in [-0.2, 0) is 9.59 Å². The highest BCUT2D eigenvalue weighted by molar-refractivity contribution is 5.82. The first kappa shape index (κ1) is 11.9. The maximum absolute atomic E-state index is 11.1. The van der Waals surface area contributed by atoms with Crippen molar-refractivity contribution in [1.29, 1.82) is 0 Å². The molecule has 0 aliphatic carbocycles. The van der Waals surface area contributed by atoms with Crippen LogP contribution < -0.4 is 10.1 Å². The van der Waals surface area contributed by atoms with Gasteiger partial charge in [0.25, 0.3) is 5.91 Å². The van der Waals surface area contributed by atoms with E-state index >= 15 is 0 Å². The highest BCUT2D eigenvalue weighted by Gasteiger charge is 2.05. The summed E-state index contributed by atoms with van der Waals surface area (Å²) in [5.74, 6) is -1.34. The Morgan fingerprint density at radius 2 is 2.25 bits per heavy atom. The van der Waals surface area contributed by atoms with Crippen LogP contribution in [0.4, 0.5) is 0 Å². The Morgan fingerprint density at radius 1 is 1.50 bits per heavy atom. The van der Waals surface area contributed by atoms with Gasteiger partial charge in [0.2, 0.25) is 5.88 Å². The van der Waals surface area contributed by atoms with Crippen molar-refractivity contribution in [3.05, 3.63) is 18.1 Å². The van der Waals surface area contributed by atoms with Crippen molar-refractivity contribution in [1.82, 2.24) is 15.3 Å². The van der Waals surface area contributed by atoms with E-state index in [0.29, 0.717) is 0 Å². The minimum Gasteiger partial charge on any atom is -0.480 e. The molecular formula is C9H11N3O4. The zero-order valence-corrected chi connectivity index (χ0v) is 8.64. The molecule has 1 amide bonds. The first-order valence-corrected chi connectivity index (χ1v) is 4.48. The van der Waals surface area contributed by atoms with Gasteiger partial charge in [0.1, 0.15) is 12.9 Å². The van der Waals surface area contributed by atoms with Gasteiger partial charge >= 0.3 is 5.97 Å². The van der Waals surface area contributed by atoms with Crippen LogP contribution in [0.1, 0.15) is 5.69 Å². The summed E-state index contributed by atoms with van der Waals surface area (Å²) in [4.78, 5) is 28.8. The number of amides is 1. The van der Waals surface area contributed by atoms with E-state index in [1.807, 2.05) is 0 Å². The van der Waals surface area contributed by atoms with Gasteiger partial charge in [-0.15, -0.1) is 0 Å². The van der Waals surface area contributed by atoms with Crippen molar-refractivity contribution >= 4 is 11.9 Å². The quantitative estimate of drug-likeness (QED) is 0.691. The van der Waals surface area contributed by atoms with E-state index in [9.17, 15) is 9.59 Å². The fraction of sp³-hybridized carbons (Fsp3) is 0.333. The number of carboxylic acids is 1. The van der Waals surface area contributed by atoms with Gasteiger partial charge < -0.3 is 15.2 Å². The zero-order chi connectivity index (χ0) is 12.0. The second kappa shape index (κ2) is 5.64. The molecule has 0 aliphatic heterocycles. The fourth-order valence-corrected chi connectivity index (χ4v) is 0.874. The SMILES string of the molecule is Cc1cc(OCC(=O)NCC(=O)O)ncn1. The number of nitrogens with zero attached hydrogens (tertiary/aromatic N) is 2. The normalized spacial score (nSPS) is 9.56. The lowest BCUT2D eigenvalue weighted by Crippen LogP contribution is -2.33. The van der Waals surface area contributed by atoms with E-state index in [4.69, 9.17) is 9.84 Å². The number of carboxylic acid groups (broad SMARTS) is 1. The Kier molecular flexibility index (Phi) is 4.19. The summed E-state index contributed by atoms with van der Waals surface area (Å²) in [6.07, 6.45) is 1.32. The molecule has 16 heavy (non-hydrogen) atoms. The fourth-order valence-electron chi connectivity index (χ4n) is 0.874. The van der Waals surface area contributed by atoms with Crippen molar-refractivity contribution in [2.45, 2.75) is 6.92 Å². The van der Waals surface area contributed by atoms with E-state index < -0.39 is 18.4 Å². The van der Waals surface area contributed by atoms with Crippen LogP contribution in [0.3, 0.4) is 0 Å². The molecule has 0 saturated heterocycles. The first-order valence-electron chi connectivity index (χ1n) is 4.48. The average molecular weight is 225 g/mol. The monoisotopic (exact) mass is 225 g/mol. The summed E-state index contributed by atoms with van der Waals surface area (Å²) < 4.78 is 5.02. The minimum absolute atomic E-state index is 0.274. The number of hydrogen-bond acceptors (Lipinski definition) is 5. The van der Waals surface area contributed by atoms with Crippen LogP contribution in [0.25, 0.3) is 0 Å². The number of carbonyl (C=O) groups is 2. The Morgan fingerprint density at radius 3 is 2.88 bits per heavy atom. The van der Waals surface area contributed by atoms with Gasteiger partial charge in [-0.05, 0) is 6.92 Å². The molecule has 1 rings (SSSR count).